The van der Waals surface area contributed by atoms with Crippen LogP contribution in [0.25, 0.3) is 10.9 Å². The normalized spacial score (nSPS) is 12.3. The summed E-state index contributed by atoms with van der Waals surface area (Å²) in [6.07, 6.45) is 2.80. The highest BCUT2D eigenvalue weighted by Crippen LogP contribution is 2.32. The highest BCUT2D eigenvalue weighted by atomic mass is 16.7. The third kappa shape index (κ3) is 4.53. The van der Waals surface area contributed by atoms with Gasteiger partial charge in [0.1, 0.15) is 5.52 Å². The summed E-state index contributed by atoms with van der Waals surface area (Å²) in [5.74, 6) is 1.45. The number of rotatable bonds is 8. The minimum absolute atomic E-state index is 0.00494. The third-order valence-corrected chi connectivity index (χ3v) is 4.83. The van der Waals surface area contributed by atoms with Crippen molar-refractivity contribution in [3.05, 3.63) is 58.4 Å². The molecule has 1 amide bonds. The highest BCUT2D eigenvalue weighted by molar-refractivity contribution is 5.76. The lowest BCUT2D eigenvalue weighted by atomic mass is 10.1. The molecule has 3 aromatic rings. The van der Waals surface area contributed by atoms with Crippen molar-refractivity contribution >= 4 is 16.8 Å². The zero-order valence-corrected chi connectivity index (χ0v) is 16.0. The summed E-state index contributed by atoms with van der Waals surface area (Å²) in [6, 6.07) is 12.8. The van der Waals surface area contributed by atoms with Crippen molar-refractivity contribution in [1.29, 1.82) is 0 Å². The summed E-state index contributed by atoms with van der Waals surface area (Å²) in [5.41, 5.74) is 1.45. The van der Waals surface area contributed by atoms with Gasteiger partial charge in [0.15, 0.2) is 11.5 Å². The van der Waals surface area contributed by atoms with Gasteiger partial charge in [0.2, 0.25) is 12.7 Å². The molecule has 1 N–H and O–H groups in total. The first-order valence-electron chi connectivity index (χ1n) is 9.68. The number of carbonyl (C=O) groups excluding carboxylic acids is 1. The second-order valence-electron chi connectivity index (χ2n) is 6.91. The van der Waals surface area contributed by atoms with Crippen molar-refractivity contribution in [2.75, 3.05) is 6.79 Å². The van der Waals surface area contributed by atoms with E-state index in [0.29, 0.717) is 36.2 Å². The lowest BCUT2D eigenvalue weighted by Gasteiger charge is -2.07. The van der Waals surface area contributed by atoms with Crippen LogP contribution in [-0.2, 0) is 17.9 Å². The fourth-order valence-electron chi connectivity index (χ4n) is 3.23. The van der Waals surface area contributed by atoms with Crippen molar-refractivity contribution in [3.8, 4) is 11.5 Å². The molecular formula is C21H22N4O4. The van der Waals surface area contributed by atoms with Crippen LogP contribution in [0.15, 0.2) is 47.3 Å². The van der Waals surface area contributed by atoms with Crippen LogP contribution in [-0.4, -0.2) is 27.7 Å². The predicted molar refractivity (Wildman–Crippen MR) is 107 cm³/mol. The summed E-state index contributed by atoms with van der Waals surface area (Å²) in [7, 11) is 0. The summed E-state index contributed by atoms with van der Waals surface area (Å²) in [6.45, 7) is 1.19. The average Bonchev–Trinajstić information content (AvgIpc) is 3.21. The molecule has 0 radical (unpaired) electrons. The Morgan fingerprint density at radius 3 is 2.86 bits per heavy atom. The van der Waals surface area contributed by atoms with Gasteiger partial charge in [0.25, 0.3) is 5.56 Å². The second kappa shape index (κ2) is 8.72. The number of carbonyl (C=O) groups is 1. The first-order chi connectivity index (χ1) is 14.2. The van der Waals surface area contributed by atoms with Gasteiger partial charge in [-0.3, -0.25) is 9.59 Å². The fraction of sp³-hybridized carbons (Fsp3) is 0.333. The van der Waals surface area contributed by atoms with Crippen molar-refractivity contribution in [2.45, 2.75) is 38.8 Å². The van der Waals surface area contributed by atoms with Gasteiger partial charge in [-0.2, -0.15) is 0 Å². The minimum Gasteiger partial charge on any atom is -0.454 e. The van der Waals surface area contributed by atoms with E-state index in [1.807, 2.05) is 30.3 Å². The van der Waals surface area contributed by atoms with Crippen LogP contribution in [0.3, 0.4) is 0 Å². The van der Waals surface area contributed by atoms with Crippen molar-refractivity contribution in [1.82, 2.24) is 20.3 Å². The molecule has 2 aromatic carbocycles. The average molecular weight is 394 g/mol. The lowest BCUT2D eigenvalue weighted by Crippen LogP contribution is -2.24. The Hall–Kier alpha value is -3.42. The summed E-state index contributed by atoms with van der Waals surface area (Å²) in [5, 5.41) is 11.5. The molecule has 0 saturated carbocycles. The molecule has 8 heteroatoms. The molecular weight excluding hydrogens is 372 g/mol. The fourth-order valence-corrected chi connectivity index (χ4v) is 3.23. The van der Waals surface area contributed by atoms with E-state index in [1.54, 1.807) is 12.1 Å². The maximum Gasteiger partial charge on any atom is 0.277 e. The Bertz CT molecular complexity index is 1080. The Kier molecular flexibility index (Phi) is 5.69. The standard InChI is InChI=1S/C21H22N4O4/c26-20(22-13-15-9-10-18-19(12-15)29-14-28-18)8-2-1-5-11-25-21(27)16-6-3-4-7-17(16)23-24-25/h3-4,6-7,9-10,12H,1-2,5,8,11,13-14H2,(H,22,26). The Balaban J connectivity index is 1.17. The van der Waals surface area contributed by atoms with Crippen LogP contribution in [0.5, 0.6) is 11.5 Å². The number of aryl methyl sites for hydroxylation is 1. The number of ether oxygens (including phenoxy) is 2. The lowest BCUT2D eigenvalue weighted by molar-refractivity contribution is -0.121. The van der Waals surface area contributed by atoms with Gasteiger partial charge in [-0.15, -0.1) is 5.10 Å². The molecule has 0 fully saturated rings. The number of aromatic nitrogens is 3. The largest absolute Gasteiger partial charge is 0.454 e. The third-order valence-electron chi connectivity index (χ3n) is 4.83. The van der Waals surface area contributed by atoms with E-state index in [9.17, 15) is 9.59 Å². The molecule has 0 atom stereocenters. The number of nitrogens with zero attached hydrogens (tertiary/aromatic N) is 3. The number of fused-ring (bicyclic) bond motifs is 2. The van der Waals surface area contributed by atoms with Gasteiger partial charge in [-0.25, -0.2) is 4.68 Å². The Morgan fingerprint density at radius 1 is 1.07 bits per heavy atom. The van der Waals surface area contributed by atoms with Crippen LogP contribution < -0.4 is 20.3 Å². The first kappa shape index (κ1) is 18.9. The molecule has 0 unspecified atom stereocenters. The van der Waals surface area contributed by atoms with E-state index in [0.717, 1.165) is 30.6 Å². The number of unbranched alkanes of at least 4 members (excludes halogenated alkanes) is 2. The van der Waals surface area contributed by atoms with Gasteiger partial charge in [-0.1, -0.05) is 29.8 Å². The molecule has 150 valence electrons. The molecule has 0 bridgehead atoms. The predicted octanol–water partition coefficient (Wildman–Crippen LogP) is 2.40. The first-order valence-corrected chi connectivity index (χ1v) is 9.68. The van der Waals surface area contributed by atoms with Crippen LogP contribution in [0.4, 0.5) is 0 Å². The van der Waals surface area contributed by atoms with Gasteiger partial charge >= 0.3 is 0 Å². The molecule has 0 aliphatic carbocycles. The quantitative estimate of drug-likeness (QED) is 0.590. The minimum atomic E-state index is -0.128. The van der Waals surface area contributed by atoms with Crippen LogP contribution in [0, 0.1) is 0 Å². The number of nitrogens with one attached hydrogen (secondary N) is 1. The molecule has 2 heterocycles. The van der Waals surface area contributed by atoms with E-state index in [2.05, 4.69) is 15.6 Å². The number of hydrogen-bond acceptors (Lipinski definition) is 6. The van der Waals surface area contributed by atoms with Crippen molar-refractivity contribution < 1.29 is 14.3 Å². The van der Waals surface area contributed by atoms with Gasteiger partial charge in [0, 0.05) is 19.5 Å². The molecule has 29 heavy (non-hydrogen) atoms. The Labute approximate surface area is 167 Å². The zero-order chi connectivity index (χ0) is 20.1. The monoisotopic (exact) mass is 394 g/mol. The molecule has 1 aliphatic heterocycles. The molecule has 4 rings (SSSR count). The molecule has 1 aromatic heterocycles. The van der Waals surface area contributed by atoms with E-state index in [1.165, 1.54) is 4.68 Å². The van der Waals surface area contributed by atoms with Crippen molar-refractivity contribution in [2.24, 2.45) is 0 Å². The van der Waals surface area contributed by atoms with Gasteiger partial charge in [-0.05, 0) is 42.7 Å². The van der Waals surface area contributed by atoms with E-state index in [-0.39, 0.29) is 18.3 Å². The molecule has 1 aliphatic rings. The maximum atomic E-state index is 12.4. The van der Waals surface area contributed by atoms with E-state index < -0.39 is 0 Å². The van der Waals surface area contributed by atoms with E-state index in [4.69, 9.17) is 9.47 Å². The summed E-state index contributed by atoms with van der Waals surface area (Å²) < 4.78 is 12.0. The summed E-state index contributed by atoms with van der Waals surface area (Å²) in [4.78, 5) is 24.4. The van der Waals surface area contributed by atoms with Crippen LogP contribution >= 0.6 is 0 Å². The smallest absolute Gasteiger partial charge is 0.277 e. The highest BCUT2D eigenvalue weighted by Gasteiger charge is 2.13. The van der Waals surface area contributed by atoms with Crippen LogP contribution in [0.2, 0.25) is 0 Å². The SMILES string of the molecule is O=C(CCCCCn1nnc2ccccc2c1=O)NCc1ccc2c(c1)OCO2. The number of hydrogen-bond donors (Lipinski definition) is 1. The van der Waals surface area contributed by atoms with Gasteiger partial charge < -0.3 is 14.8 Å². The Morgan fingerprint density at radius 2 is 1.93 bits per heavy atom. The topological polar surface area (TPSA) is 95.3 Å². The van der Waals surface area contributed by atoms with Crippen LogP contribution in [0.1, 0.15) is 31.2 Å². The summed E-state index contributed by atoms with van der Waals surface area (Å²) >= 11 is 0. The molecule has 0 spiro atoms. The zero-order valence-electron chi connectivity index (χ0n) is 16.0. The number of benzene rings is 2. The van der Waals surface area contributed by atoms with Crippen molar-refractivity contribution in [3.63, 3.8) is 0 Å². The second-order valence-corrected chi connectivity index (χ2v) is 6.91. The maximum absolute atomic E-state index is 12.4. The molecule has 8 nitrogen and oxygen atoms in total. The van der Waals surface area contributed by atoms with E-state index >= 15 is 0 Å². The number of amides is 1. The van der Waals surface area contributed by atoms with Gasteiger partial charge in [0.05, 0.1) is 5.39 Å². The molecule has 0 saturated heterocycles.